The van der Waals surface area contributed by atoms with Gasteiger partial charge in [-0.25, -0.2) is 0 Å². The lowest BCUT2D eigenvalue weighted by atomic mass is 10.2. The minimum Gasteiger partial charge on any atom is -0.497 e. The van der Waals surface area contributed by atoms with E-state index in [9.17, 15) is 0 Å². The van der Waals surface area contributed by atoms with Crippen molar-refractivity contribution in [1.29, 1.82) is 0 Å². The molecule has 0 fully saturated rings. The standard InChI is InChI=1S/C13H15N3O/c1-17-11-5-2-4-10(8-11)16-9-13-12(14)6-3-7-15-13/h2-8,16H,9,14H2,1H3. The van der Waals surface area contributed by atoms with E-state index in [-0.39, 0.29) is 0 Å². The van der Waals surface area contributed by atoms with Crippen LogP contribution in [0.4, 0.5) is 11.4 Å². The third-order valence-electron chi connectivity index (χ3n) is 2.46. The highest BCUT2D eigenvalue weighted by molar-refractivity contribution is 5.50. The molecule has 2 rings (SSSR count). The van der Waals surface area contributed by atoms with Crippen molar-refractivity contribution in [3.63, 3.8) is 0 Å². The van der Waals surface area contributed by atoms with Gasteiger partial charge in [0.2, 0.25) is 0 Å². The zero-order valence-electron chi connectivity index (χ0n) is 9.68. The van der Waals surface area contributed by atoms with Gasteiger partial charge in [0.1, 0.15) is 5.75 Å². The number of hydrogen-bond donors (Lipinski definition) is 2. The molecule has 4 nitrogen and oxygen atoms in total. The summed E-state index contributed by atoms with van der Waals surface area (Å²) in [6.07, 6.45) is 1.74. The van der Waals surface area contributed by atoms with Crippen LogP contribution in [0.2, 0.25) is 0 Å². The molecule has 0 amide bonds. The lowest BCUT2D eigenvalue weighted by Crippen LogP contribution is -2.04. The number of nitrogen functional groups attached to an aromatic ring is 1. The molecule has 0 radical (unpaired) electrons. The quantitative estimate of drug-likeness (QED) is 0.844. The number of ether oxygens (including phenoxy) is 1. The Hall–Kier alpha value is -2.23. The van der Waals surface area contributed by atoms with Gasteiger partial charge in [-0.15, -0.1) is 0 Å². The predicted molar refractivity (Wildman–Crippen MR) is 69.0 cm³/mol. The fourth-order valence-electron chi connectivity index (χ4n) is 1.52. The first kappa shape index (κ1) is 11.3. The number of nitrogens with zero attached hydrogens (tertiary/aromatic N) is 1. The second-order valence-corrected chi connectivity index (χ2v) is 3.62. The van der Waals surface area contributed by atoms with Crippen molar-refractivity contribution in [1.82, 2.24) is 4.98 Å². The first-order valence-corrected chi connectivity index (χ1v) is 5.37. The number of anilines is 2. The van der Waals surface area contributed by atoms with Crippen LogP contribution in [0, 0.1) is 0 Å². The molecule has 0 saturated heterocycles. The Labute approximate surface area is 100 Å². The summed E-state index contributed by atoms with van der Waals surface area (Å²) in [5.74, 6) is 0.823. The summed E-state index contributed by atoms with van der Waals surface area (Å²) < 4.78 is 5.15. The van der Waals surface area contributed by atoms with Crippen LogP contribution in [0.25, 0.3) is 0 Å². The molecule has 1 aromatic heterocycles. The van der Waals surface area contributed by atoms with E-state index in [1.54, 1.807) is 13.3 Å². The Balaban J connectivity index is 2.05. The molecule has 1 heterocycles. The van der Waals surface area contributed by atoms with Gasteiger partial charge >= 0.3 is 0 Å². The summed E-state index contributed by atoms with van der Waals surface area (Å²) in [5.41, 5.74) is 8.33. The minimum absolute atomic E-state index is 0.597. The zero-order chi connectivity index (χ0) is 12.1. The van der Waals surface area contributed by atoms with Crippen LogP contribution in [0.15, 0.2) is 42.6 Å². The SMILES string of the molecule is COc1cccc(NCc2ncccc2N)c1. The van der Waals surface area contributed by atoms with Gasteiger partial charge in [-0.1, -0.05) is 6.07 Å². The Morgan fingerprint density at radius 1 is 1.29 bits per heavy atom. The number of pyridine rings is 1. The Bertz CT molecular complexity index is 500. The van der Waals surface area contributed by atoms with Gasteiger partial charge in [0.15, 0.2) is 0 Å². The number of benzene rings is 1. The topological polar surface area (TPSA) is 60.2 Å². The zero-order valence-corrected chi connectivity index (χ0v) is 9.68. The molecule has 4 heteroatoms. The highest BCUT2D eigenvalue weighted by Crippen LogP contribution is 2.18. The molecule has 0 aliphatic carbocycles. The van der Waals surface area contributed by atoms with Crippen molar-refractivity contribution in [2.45, 2.75) is 6.54 Å². The second kappa shape index (κ2) is 5.21. The summed E-state index contributed by atoms with van der Waals surface area (Å²) in [5, 5.41) is 3.25. The maximum atomic E-state index is 5.81. The number of methoxy groups -OCH3 is 1. The van der Waals surface area contributed by atoms with E-state index in [2.05, 4.69) is 10.3 Å². The highest BCUT2D eigenvalue weighted by atomic mass is 16.5. The number of nitrogens with two attached hydrogens (primary N) is 1. The average Bonchev–Trinajstić information content (AvgIpc) is 2.38. The van der Waals surface area contributed by atoms with E-state index in [0.717, 1.165) is 17.1 Å². The normalized spacial score (nSPS) is 9.94. The summed E-state index contributed by atoms with van der Waals surface area (Å²) in [6, 6.07) is 11.4. The van der Waals surface area contributed by atoms with Crippen LogP contribution >= 0.6 is 0 Å². The minimum atomic E-state index is 0.597. The third kappa shape index (κ3) is 2.87. The van der Waals surface area contributed by atoms with E-state index in [0.29, 0.717) is 12.2 Å². The highest BCUT2D eigenvalue weighted by Gasteiger charge is 2.00. The van der Waals surface area contributed by atoms with E-state index >= 15 is 0 Å². The summed E-state index contributed by atoms with van der Waals surface area (Å²) in [4.78, 5) is 4.22. The number of aromatic nitrogens is 1. The van der Waals surface area contributed by atoms with Crippen LogP contribution in [-0.4, -0.2) is 12.1 Å². The largest absolute Gasteiger partial charge is 0.497 e. The predicted octanol–water partition coefficient (Wildman–Crippen LogP) is 2.28. The monoisotopic (exact) mass is 229 g/mol. The van der Waals surface area contributed by atoms with E-state index in [4.69, 9.17) is 10.5 Å². The van der Waals surface area contributed by atoms with Crippen LogP contribution in [0.1, 0.15) is 5.69 Å². The molecular weight excluding hydrogens is 214 g/mol. The molecule has 0 unspecified atom stereocenters. The average molecular weight is 229 g/mol. The fraction of sp³-hybridized carbons (Fsp3) is 0.154. The summed E-state index contributed by atoms with van der Waals surface area (Å²) in [7, 11) is 1.65. The van der Waals surface area contributed by atoms with E-state index in [1.807, 2.05) is 36.4 Å². The van der Waals surface area contributed by atoms with Crippen molar-refractivity contribution < 1.29 is 4.74 Å². The lowest BCUT2D eigenvalue weighted by Gasteiger charge is -2.08. The van der Waals surface area contributed by atoms with Gasteiger partial charge in [-0.3, -0.25) is 4.98 Å². The maximum Gasteiger partial charge on any atom is 0.120 e. The van der Waals surface area contributed by atoms with Crippen LogP contribution < -0.4 is 15.8 Å². The maximum absolute atomic E-state index is 5.81. The molecule has 0 aliphatic heterocycles. The molecule has 2 aromatic rings. The van der Waals surface area contributed by atoms with Crippen LogP contribution in [0.5, 0.6) is 5.75 Å². The summed E-state index contributed by atoms with van der Waals surface area (Å²) in [6.45, 7) is 0.597. The van der Waals surface area contributed by atoms with Crippen molar-refractivity contribution in [3.8, 4) is 5.75 Å². The molecule has 17 heavy (non-hydrogen) atoms. The first-order chi connectivity index (χ1) is 8.29. The van der Waals surface area contributed by atoms with Gasteiger partial charge in [-0.05, 0) is 24.3 Å². The smallest absolute Gasteiger partial charge is 0.120 e. The van der Waals surface area contributed by atoms with Crippen molar-refractivity contribution >= 4 is 11.4 Å². The molecule has 0 bridgehead atoms. The van der Waals surface area contributed by atoms with E-state index in [1.165, 1.54) is 0 Å². The number of nitrogens with one attached hydrogen (secondary N) is 1. The molecule has 0 spiro atoms. The van der Waals surface area contributed by atoms with Gasteiger partial charge in [0.25, 0.3) is 0 Å². The van der Waals surface area contributed by atoms with Gasteiger partial charge < -0.3 is 15.8 Å². The van der Waals surface area contributed by atoms with Crippen molar-refractivity contribution in [3.05, 3.63) is 48.3 Å². The van der Waals surface area contributed by atoms with Gasteiger partial charge in [-0.2, -0.15) is 0 Å². The molecule has 88 valence electrons. The molecule has 3 N–H and O–H groups in total. The third-order valence-corrected chi connectivity index (χ3v) is 2.46. The van der Waals surface area contributed by atoms with E-state index < -0.39 is 0 Å². The first-order valence-electron chi connectivity index (χ1n) is 5.37. The van der Waals surface area contributed by atoms with Crippen molar-refractivity contribution in [2.24, 2.45) is 0 Å². The Morgan fingerprint density at radius 2 is 2.18 bits per heavy atom. The molecular formula is C13H15N3O. The number of hydrogen-bond acceptors (Lipinski definition) is 4. The second-order valence-electron chi connectivity index (χ2n) is 3.62. The van der Waals surface area contributed by atoms with Crippen molar-refractivity contribution in [2.75, 3.05) is 18.2 Å². The fourth-order valence-corrected chi connectivity index (χ4v) is 1.52. The van der Waals surface area contributed by atoms with Crippen LogP contribution in [0.3, 0.4) is 0 Å². The number of rotatable bonds is 4. The molecule has 1 aromatic carbocycles. The lowest BCUT2D eigenvalue weighted by molar-refractivity contribution is 0.415. The van der Waals surface area contributed by atoms with Crippen LogP contribution in [-0.2, 0) is 6.54 Å². The van der Waals surface area contributed by atoms with Gasteiger partial charge in [0, 0.05) is 18.0 Å². The molecule has 0 aliphatic rings. The Kier molecular flexibility index (Phi) is 3.45. The Morgan fingerprint density at radius 3 is 2.94 bits per heavy atom. The molecule has 0 atom stereocenters. The molecule has 0 saturated carbocycles. The summed E-state index contributed by atoms with van der Waals surface area (Å²) >= 11 is 0. The van der Waals surface area contributed by atoms with Gasteiger partial charge in [0.05, 0.1) is 25.0 Å².